The van der Waals surface area contributed by atoms with Crippen molar-refractivity contribution in [2.24, 2.45) is 0 Å². The Morgan fingerprint density at radius 1 is 0.975 bits per heavy atom. The minimum atomic E-state index is -0.590. The van der Waals surface area contributed by atoms with Crippen LogP contribution in [0.2, 0.25) is 0 Å². The average Bonchev–Trinajstić information content (AvgIpc) is 3.37. The number of likely N-dealkylation sites (tertiary alicyclic amines) is 1. The lowest BCUT2D eigenvalue weighted by atomic mass is 9.90. The summed E-state index contributed by atoms with van der Waals surface area (Å²) >= 11 is 0. The molecule has 0 bridgehead atoms. The van der Waals surface area contributed by atoms with Crippen LogP contribution < -0.4 is 19.5 Å². The van der Waals surface area contributed by atoms with Crippen molar-refractivity contribution in [1.29, 1.82) is 0 Å². The molecule has 0 spiro atoms. The number of ether oxygens (including phenoxy) is 4. The maximum Gasteiger partial charge on any atom is 0.410 e. The summed E-state index contributed by atoms with van der Waals surface area (Å²) < 4.78 is 37.1. The topological polar surface area (TPSA) is 104 Å². The van der Waals surface area contributed by atoms with E-state index in [1.54, 1.807) is 33.8 Å². The summed E-state index contributed by atoms with van der Waals surface area (Å²) in [5, 5.41) is 7.42. The summed E-state index contributed by atoms with van der Waals surface area (Å²) in [5.74, 6) is 0.356. The first-order valence-corrected chi connectivity index (χ1v) is 13.0. The van der Waals surface area contributed by atoms with Gasteiger partial charge in [0.1, 0.15) is 11.4 Å². The summed E-state index contributed by atoms with van der Waals surface area (Å²) in [5.41, 5.74) is 1.53. The predicted octanol–water partition coefficient (Wildman–Crippen LogP) is 5.40. The largest absolute Gasteiger partial charge is 0.493 e. The van der Waals surface area contributed by atoms with Crippen molar-refractivity contribution >= 4 is 17.7 Å². The van der Waals surface area contributed by atoms with Crippen molar-refractivity contribution in [1.82, 2.24) is 14.7 Å². The third kappa shape index (κ3) is 6.30. The van der Waals surface area contributed by atoms with Crippen molar-refractivity contribution < 1.29 is 32.9 Å². The van der Waals surface area contributed by atoms with Crippen LogP contribution in [0.15, 0.2) is 42.6 Å². The van der Waals surface area contributed by atoms with Gasteiger partial charge in [-0.1, -0.05) is 0 Å². The van der Waals surface area contributed by atoms with Crippen LogP contribution in [0.5, 0.6) is 17.2 Å². The minimum Gasteiger partial charge on any atom is -0.493 e. The summed E-state index contributed by atoms with van der Waals surface area (Å²) in [6.07, 6.45) is 2.33. The van der Waals surface area contributed by atoms with E-state index in [-0.39, 0.29) is 23.7 Å². The number of anilines is 1. The van der Waals surface area contributed by atoms with E-state index in [2.05, 4.69) is 10.4 Å². The molecule has 10 nitrogen and oxygen atoms in total. The highest BCUT2D eigenvalue weighted by Gasteiger charge is 2.32. The number of hydrogen-bond acceptors (Lipinski definition) is 7. The molecule has 0 aliphatic carbocycles. The van der Waals surface area contributed by atoms with Gasteiger partial charge in [0.15, 0.2) is 11.5 Å². The molecule has 1 N–H and O–H groups in total. The third-order valence-electron chi connectivity index (χ3n) is 6.58. The molecule has 0 saturated carbocycles. The second-order valence-electron chi connectivity index (χ2n) is 10.4. The molecule has 2 amide bonds. The van der Waals surface area contributed by atoms with E-state index in [1.807, 2.05) is 20.8 Å². The van der Waals surface area contributed by atoms with E-state index < -0.39 is 5.60 Å². The zero-order chi connectivity index (χ0) is 29.0. The fourth-order valence-corrected chi connectivity index (χ4v) is 4.73. The highest BCUT2D eigenvalue weighted by Crippen LogP contribution is 2.40. The molecule has 0 unspecified atom stereocenters. The Balaban J connectivity index is 1.65. The lowest BCUT2D eigenvalue weighted by molar-refractivity contribution is 0.0203. The number of aromatic nitrogens is 2. The first-order valence-electron chi connectivity index (χ1n) is 13.0. The third-order valence-corrected chi connectivity index (χ3v) is 6.58. The molecular weight excluding hydrogens is 519 g/mol. The Morgan fingerprint density at radius 2 is 1.57 bits per heavy atom. The molecule has 0 atom stereocenters. The fourth-order valence-electron chi connectivity index (χ4n) is 4.73. The van der Waals surface area contributed by atoms with Crippen LogP contribution in [0.4, 0.5) is 14.9 Å². The van der Waals surface area contributed by atoms with Gasteiger partial charge in [-0.25, -0.2) is 13.9 Å². The maximum absolute atomic E-state index is 13.7. The number of carbonyl (C=O) groups is 2. The number of halogens is 1. The van der Waals surface area contributed by atoms with Crippen LogP contribution in [0.1, 0.15) is 55.6 Å². The average molecular weight is 555 g/mol. The number of nitrogens with zero attached hydrogens (tertiary/aromatic N) is 3. The second-order valence-corrected chi connectivity index (χ2v) is 10.4. The number of amides is 2. The van der Waals surface area contributed by atoms with Gasteiger partial charge in [-0.15, -0.1) is 0 Å². The Bertz CT molecular complexity index is 1330. The number of carbonyl (C=O) groups excluding carboxylic acids is 2. The first kappa shape index (κ1) is 28.7. The van der Waals surface area contributed by atoms with Gasteiger partial charge < -0.3 is 29.2 Å². The molecule has 1 aromatic heterocycles. The quantitative estimate of drug-likeness (QED) is 0.417. The molecule has 2 heterocycles. The normalized spacial score (nSPS) is 14.0. The summed E-state index contributed by atoms with van der Waals surface area (Å²) in [7, 11) is 4.50. The Morgan fingerprint density at radius 3 is 2.10 bits per heavy atom. The Kier molecular flexibility index (Phi) is 8.51. The second kappa shape index (κ2) is 11.8. The van der Waals surface area contributed by atoms with E-state index in [0.29, 0.717) is 65.8 Å². The van der Waals surface area contributed by atoms with Gasteiger partial charge in [-0.2, -0.15) is 5.10 Å². The van der Waals surface area contributed by atoms with Gasteiger partial charge >= 0.3 is 6.09 Å². The number of nitrogens with one attached hydrogen (secondary N) is 1. The van der Waals surface area contributed by atoms with E-state index >= 15 is 0 Å². The van der Waals surface area contributed by atoms with Crippen molar-refractivity contribution in [3.05, 3.63) is 59.7 Å². The summed E-state index contributed by atoms with van der Waals surface area (Å²) in [6, 6.07) is 9.21. The standard InChI is InChI=1S/C29H35FN4O6/c1-29(2,3)40-28(36)33-13-11-18(12-14-33)25-22(17-31-34(25)21-9-7-19(30)8-10-21)27(35)32-20-15-23(37-4)26(39-6)24(16-20)38-5/h7-10,15-18H,11-14H2,1-6H3,(H,32,35). The molecule has 40 heavy (non-hydrogen) atoms. The van der Waals surface area contributed by atoms with Gasteiger partial charge in [0, 0.05) is 36.8 Å². The molecular formula is C29H35FN4O6. The van der Waals surface area contributed by atoms with Gasteiger partial charge in [0.2, 0.25) is 5.75 Å². The minimum absolute atomic E-state index is 0.0908. The highest BCUT2D eigenvalue weighted by atomic mass is 19.1. The molecule has 11 heteroatoms. The molecule has 214 valence electrons. The molecule has 0 radical (unpaired) electrons. The monoisotopic (exact) mass is 554 g/mol. The molecule has 1 aliphatic rings. The predicted molar refractivity (Wildman–Crippen MR) is 147 cm³/mol. The van der Waals surface area contributed by atoms with Crippen LogP contribution >= 0.6 is 0 Å². The number of rotatable bonds is 7. The van der Waals surface area contributed by atoms with Crippen LogP contribution in [0.3, 0.4) is 0 Å². The van der Waals surface area contributed by atoms with E-state index in [4.69, 9.17) is 18.9 Å². The van der Waals surface area contributed by atoms with E-state index in [0.717, 1.165) is 0 Å². The Hall–Kier alpha value is -4.28. The van der Waals surface area contributed by atoms with Gasteiger partial charge in [0.05, 0.1) is 44.5 Å². The van der Waals surface area contributed by atoms with Gasteiger partial charge in [-0.05, 0) is 57.9 Å². The van der Waals surface area contributed by atoms with Crippen molar-refractivity contribution in [3.63, 3.8) is 0 Å². The number of piperidine rings is 1. The van der Waals surface area contributed by atoms with Crippen molar-refractivity contribution in [3.8, 4) is 22.9 Å². The molecule has 1 saturated heterocycles. The molecule has 2 aromatic carbocycles. The fraction of sp³-hybridized carbons (Fsp3) is 0.414. The van der Waals surface area contributed by atoms with Crippen LogP contribution in [-0.2, 0) is 4.74 Å². The lowest BCUT2D eigenvalue weighted by Crippen LogP contribution is -2.41. The Labute approximate surface area is 233 Å². The SMILES string of the molecule is COc1cc(NC(=O)c2cnn(-c3ccc(F)cc3)c2C2CCN(C(=O)OC(C)(C)C)CC2)cc(OC)c1OC. The summed E-state index contributed by atoms with van der Waals surface area (Å²) in [4.78, 5) is 27.9. The molecule has 3 aromatic rings. The van der Waals surface area contributed by atoms with Crippen LogP contribution in [0, 0.1) is 5.82 Å². The number of benzene rings is 2. The first-order chi connectivity index (χ1) is 19.0. The molecule has 4 rings (SSSR count). The zero-order valence-corrected chi connectivity index (χ0v) is 23.6. The van der Waals surface area contributed by atoms with Crippen molar-refractivity contribution in [2.45, 2.75) is 45.1 Å². The van der Waals surface area contributed by atoms with Crippen LogP contribution in [-0.4, -0.2) is 66.7 Å². The smallest absolute Gasteiger partial charge is 0.410 e. The molecule has 1 fully saturated rings. The lowest BCUT2D eigenvalue weighted by Gasteiger charge is -2.34. The van der Waals surface area contributed by atoms with E-state index in [1.165, 1.54) is 39.7 Å². The molecule has 1 aliphatic heterocycles. The van der Waals surface area contributed by atoms with Gasteiger partial charge in [-0.3, -0.25) is 4.79 Å². The van der Waals surface area contributed by atoms with Crippen LogP contribution in [0.25, 0.3) is 5.69 Å². The summed E-state index contributed by atoms with van der Waals surface area (Å²) in [6.45, 7) is 6.41. The van der Waals surface area contributed by atoms with Crippen molar-refractivity contribution in [2.75, 3.05) is 39.7 Å². The number of hydrogen-bond donors (Lipinski definition) is 1. The maximum atomic E-state index is 13.7. The number of methoxy groups -OCH3 is 3. The van der Waals surface area contributed by atoms with Gasteiger partial charge in [0.25, 0.3) is 5.91 Å². The van der Waals surface area contributed by atoms with E-state index in [9.17, 15) is 14.0 Å². The highest BCUT2D eigenvalue weighted by molar-refractivity contribution is 6.05. The zero-order valence-electron chi connectivity index (χ0n) is 23.6.